The second-order valence-electron chi connectivity index (χ2n) is 3.79. The second kappa shape index (κ2) is 6.29. The summed E-state index contributed by atoms with van der Waals surface area (Å²) in [5, 5.41) is 2.41. The fourth-order valence-electron chi connectivity index (χ4n) is 1.31. The van der Waals surface area contributed by atoms with Crippen LogP contribution in [0.15, 0.2) is 18.2 Å². The molecule has 20 heavy (non-hydrogen) atoms. The molecule has 1 N–H and O–H groups in total. The van der Waals surface area contributed by atoms with Crippen molar-refractivity contribution in [3.8, 4) is 0 Å². The number of hydrogen-bond donors (Lipinski definition) is 1. The topological polar surface area (TPSA) is 21.3 Å². The maximum atomic E-state index is 12.9. The van der Waals surface area contributed by atoms with E-state index in [4.69, 9.17) is 0 Å². The van der Waals surface area contributed by atoms with Crippen molar-refractivity contribution in [2.24, 2.45) is 0 Å². The van der Waals surface area contributed by atoms with Gasteiger partial charge in [-0.3, -0.25) is 0 Å². The molecule has 0 aliphatic carbocycles. The minimum Gasteiger partial charge on any atom is -0.383 e. The van der Waals surface area contributed by atoms with Gasteiger partial charge in [0.15, 0.2) is 0 Å². The predicted molar refractivity (Wildman–Crippen MR) is 56.8 cm³/mol. The summed E-state index contributed by atoms with van der Waals surface area (Å²) in [4.78, 5) is 0. The van der Waals surface area contributed by atoms with E-state index < -0.39 is 30.3 Å². The van der Waals surface area contributed by atoms with E-state index in [2.05, 4.69) is 10.1 Å². The van der Waals surface area contributed by atoms with Crippen LogP contribution in [-0.2, 0) is 10.9 Å². The fourth-order valence-corrected chi connectivity index (χ4v) is 1.31. The average molecular weight is 305 g/mol. The van der Waals surface area contributed by atoms with Crippen LogP contribution in [0.2, 0.25) is 0 Å². The molecule has 0 bridgehead atoms. The van der Waals surface area contributed by atoms with Gasteiger partial charge in [-0.15, -0.1) is 0 Å². The summed E-state index contributed by atoms with van der Waals surface area (Å²) < 4.78 is 89.5. The largest absolute Gasteiger partial charge is 0.419 e. The van der Waals surface area contributed by atoms with Crippen molar-refractivity contribution in [1.29, 1.82) is 0 Å². The Labute approximate surface area is 109 Å². The zero-order valence-electron chi connectivity index (χ0n) is 9.91. The standard InChI is InChI=1S/C11H10F7NO/c12-9-2-1-7(5-8(9)11(16,17)18)19-3-4-20-6-10(13,14)15/h1-2,5,19H,3-4,6H2. The Morgan fingerprint density at radius 3 is 2.25 bits per heavy atom. The first-order valence-corrected chi connectivity index (χ1v) is 5.35. The van der Waals surface area contributed by atoms with E-state index in [9.17, 15) is 30.7 Å². The third-order valence-electron chi connectivity index (χ3n) is 2.11. The highest BCUT2D eigenvalue weighted by Crippen LogP contribution is 2.32. The molecule has 0 aliphatic rings. The first-order valence-electron chi connectivity index (χ1n) is 5.35. The van der Waals surface area contributed by atoms with Gasteiger partial charge in [-0.2, -0.15) is 26.3 Å². The van der Waals surface area contributed by atoms with E-state index in [1.54, 1.807) is 0 Å². The highest BCUT2D eigenvalue weighted by Gasteiger charge is 2.34. The fraction of sp³-hybridized carbons (Fsp3) is 0.455. The van der Waals surface area contributed by atoms with Gasteiger partial charge < -0.3 is 10.1 Å². The molecule has 1 aromatic carbocycles. The third-order valence-corrected chi connectivity index (χ3v) is 2.11. The molecular formula is C11H10F7NO. The number of ether oxygens (including phenoxy) is 1. The normalized spacial score (nSPS) is 12.6. The molecule has 0 saturated heterocycles. The van der Waals surface area contributed by atoms with Gasteiger partial charge in [0.05, 0.1) is 12.2 Å². The zero-order chi connectivity index (χ0) is 15.4. The molecule has 0 heterocycles. The summed E-state index contributed by atoms with van der Waals surface area (Å²) in [5.74, 6) is -1.42. The van der Waals surface area contributed by atoms with Crippen LogP contribution < -0.4 is 5.32 Å². The van der Waals surface area contributed by atoms with Crippen molar-refractivity contribution in [1.82, 2.24) is 0 Å². The van der Waals surface area contributed by atoms with Gasteiger partial charge >= 0.3 is 12.4 Å². The second-order valence-corrected chi connectivity index (χ2v) is 3.79. The Balaban J connectivity index is 2.49. The van der Waals surface area contributed by atoms with Gasteiger partial charge in [0.1, 0.15) is 12.4 Å². The molecule has 0 unspecified atom stereocenters. The summed E-state index contributed by atoms with van der Waals surface area (Å²) in [6, 6.07) is 2.22. The van der Waals surface area contributed by atoms with Crippen LogP contribution in [0.5, 0.6) is 0 Å². The number of benzene rings is 1. The van der Waals surface area contributed by atoms with Crippen LogP contribution in [0.1, 0.15) is 5.56 Å². The molecule has 2 nitrogen and oxygen atoms in total. The highest BCUT2D eigenvalue weighted by molar-refractivity contribution is 5.47. The molecule has 1 aromatic rings. The van der Waals surface area contributed by atoms with E-state index in [0.29, 0.717) is 12.1 Å². The van der Waals surface area contributed by atoms with E-state index in [0.717, 1.165) is 6.07 Å². The summed E-state index contributed by atoms with van der Waals surface area (Å²) in [7, 11) is 0. The number of rotatable bonds is 5. The summed E-state index contributed by atoms with van der Waals surface area (Å²) >= 11 is 0. The molecule has 0 aliphatic heterocycles. The Kier molecular flexibility index (Phi) is 5.21. The summed E-state index contributed by atoms with van der Waals surface area (Å²) in [6.45, 7) is -1.93. The van der Waals surface area contributed by atoms with Crippen LogP contribution in [0, 0.1) is 5.82 Å². The minimum atomic E-state index is -4.84. The smallest absolute Gasteiger partial charge is 0.383 e. The first kappa shape index (κ1) is 16.5. The lowest BCUT2D eigenvalue weighted by molar-refractivity contribution is -0.172. The number of hydrogen-bond acceptors (Lipinski definition) is 2. The number of anilines is 1. The molecule has 0 saturated carbocycles. The Hall–Kier alpha value is -1.51. The summed E-state index contributed by atoms with van der Waals surface area (Å²) in [5.41, 5.74) is -1.51. The SMILES string of the molecule is Fc1ccc(NCCOCC(F)(F)F)cc1C(F)(F)F. The third kappa shape index (κ3) is 5.64. The van der Waals surface area contributed by atoms with Crippen molar-refractivity contribution in [2.45, 2.75) is 12.4 Å². The molecular weight excluding hydrogens is 295 g/mol. The Bertz CT molecular complexity index is 441. The maximum Gasteiger partial charge on any atom is 0.419 e. The van der Waals surface area contributed by atoms with Crippen LogP contribution in [0.4, 0.5) is 36.4 Å². The lowest BCUT2D eigenvalue weighted by atomic mass is 10.2. The predicted octanol–water partition coefficient (Wildman–Crippen LogP) is 3.84. The Morgan fingerprint density at radius 2 is 1.70 bits per heavy atom. The molecule has 1 rings (SSSR count). The molecule has 0 aromatic heterocycles. The quantitative estimate of drug-likeness (QED) is 0.659. The molecule has 0 atom stereocenters. The molecule has 0 amide bonds. The monoisotopic (exact) mass is 305 g/mol. The average Bonchev–Trinajstić information content (AvgIpc) is 2.27. The lowest BCUT2D eigenvalue weighted by Gasteiger charge is -2.12. The van der Waals surface area contributed by atoms with Gasteiger partial charge in [0.25, 0.3) is 0 Å². The van der Waals surface area contributed by atoms with E-state index in [1.165, 1.54) is 0 Å². The van der Waals surface area contributed by atoms with Gasteiger partial charge in [0, 0.05) is 12.2 Å². The van der Waals surface area contributed by atoms with Crippen molar-refractivity contribution < 1.29 is 35.5 Å². The highest BCUT2D eigenvalue weighted by atomic mass is 19.4. The van der Waals surface area contributed by atoms with Crippen molar-refractivity contribution in [2.75, 3.05) is 25.1 Å². The minimum absolute atomic E-state index is 0.0608. The van der Waals surface area contributed by atoms with E-state index in [-0.39, 0.29) is 18.8 Å². The number of alkyl halides is 6. The molecule has 0 radical (unpaired) electrons. The molecule has 9 heteroatoms. The van der Waals surface area contributed by atoms with Gasteiger partial charge in [-0.1, -0.05) is 0 Å². The van der Waals surface area contributed by atoms with Crippen molar-refractivity contribution >= 4 is 5.69 Å². The van der Waals surface area contributed by atoms with Crippen LogP contribution in [-0.4, -0.2) is 25.9 Å². The van der Waals surface area contributed by atoms with Crippen molar-refractivity contribution in [3.05, 3.63) is 29.6 Å². The maximum absolute atomic E-state index is 12.9. The van der Waals surface area contributed by atoms with E-state index >= 15 is 0 Å². The molecule has 114 valence electrons. The zero-order valence-corrected chi connectivity index (χ0v) is 9.91. The van der Waals surface area contributed by atoms with Crippen molar-refractivity contribution in [3.63, 3.8) is 0 Å². The Morgan fingerprint density at radius 1 is 1.05 bits per heavy atom. The van der Waals surface area contributed by atoms with Gasteiger partial charge in [-0.25, -0.2) is 4.39 Å². The molecule has 0 fully saturated rings. The number of nitrogens with one attached hydrogen (secondary N) is 1. The van der Waals surface area contributed by atoms with Gasteiger partial charge in [0.2, 0.25) is 0 Å². The number of halogens is 7. The van der Waals surface area contributed by atoms with Crippen LogP contribution in [0.25, 0.3) is 0 Å². The summed E-state index contributed by atoms with van der Waals surface area (Å²) in [6.07, 6.45) is -9.30. The first-order chi connectivity index (χ1) is 9.09. The van der Waals surface area contributed by atoms with Crippen LogP contribution >= 0.6 is 0 Å². The van der Waals surface area contributed by atoms with Crippen LogP contribution in [0.3, 0.4) is 0 Å². The lowest BCUT2D eigenvalue weighted by Crippen LogP contribution is -2.20. The van der Waals surface area contributed by atoms with Gasteiger partial charge in [-0.05, 0) is 18.2 Å². The molecule has 0 spiro atoms. The van der Waals surface area contributed by atoms with E-state index in [1.807, 2.05) is 0 Å².